The summed E-state index contributed by atoms with van der Waals surface area (Å²) in [5, 5.41) is 2.87. The van der Waals surface area contributed by atoms with E-state index in [0.29, 0.717) is 17.9 Å². The van der Waals surface area contributed by atoms with Crippen LogP contribution < -0.4 is 14.7 Å². The lowest BCUT2D eigenvalue weighted by Crippen LogP contribution is -2.26. The summed E-state index contributed by atoms with van der Waals surface area (Å²) >= 11 is 0. The third-order valence-electron chi connectivity index (χ3n) is 4.07. The fourth-order valence-electron chi connectivity index (χ4n) is 2.86. The molecule has 0 aliphatic rings. The second-order valence-electron chi connectivity index (χ2n) is 5.84. The molecule has 4 aromatic rings. The second kappa shape index (κ2) is 7.10. The number of pyridine rings is 2. The highest BCUT2D eigenvalue weighted by Gasteiger charge is 2.24. The zero-order chi connectivity index (χ0) is 17.8. The van der Waals surface area contributed by atoms with E-state index in [1.165, 1.54) is 0 Å². The van der Waals surface area contributed by atoms with Gasteiger partial charge in [0.05, 0.1) is 19.2 Å². The molecular formula is C19H18N6O+2. The maximum atomic E-state index is 12.7. The van der Waals surface area contributed by atoms with Gasteiger partial charge in [0.2, 0.25) is 5.69 Å². The standard InChI is InChI=1S/C19H16N6O/c26-19(23-13-16-21-8-4-9-22-16)18-15-6-1-2-10-25(15)17(24-18)11-14-5-3-7-20-12-14/h1-10,12H,11,13H2,(H,23,26)/p+2. The molecule has 7 heteroatoms. The molecule has 1 amide bonds. The van der Waals surface area contributed by atoms with E-state index in [1.807, 2.05) is 53.3 Å². The van der Waals surface area contributed by atoms with E-state index >= 15 is 0 Å². The third kappa shape index (κ3) is 3.27. The van der Waals surface area contributed by atoms with Gasteiger partial charge in [-0.3, -0.25) is 4.79 Å². The van der Waals surface area contributed by atoms with Gasteiger partial charge in [0.15, 0.2) is 17.9 Å². The Morgan fingerprint density at radius 2 is 2.04 bits per heavy atom. The molecule has 0 bridgehead atoms. The van der Waals surface area contributed by atoms with Crippen molar-refractivity contribution in [3.63, 3.8) is 0 Å². The summed E-state index contributed by atoms with van der Waals surface area (Å²) < 4.78 is 2.00. The summed E-state index contributed by atoms with van der Waals surface area (Å²) in [7, 11) is 0. The topological polar surface area (TPSA) is 88.9 Å². The first kappa shape index (κ1) is 15.9. The number of aromatic amines is 2. The van der Waals surface area contributed by atoms with Crippen LogP contribution in [-0.4, -0.2) is 20.9 Å². The minimum Gasteiger partial charge on any atom is -0.341 e. The number of carbonyl (C=O) groups is 1. The van der Waals surface area contributed by atoms with Gasteiger partial charge < -0.3 is 5.32 Å². The van der Waals surface area contributed by atoms with Gasteiger partial charge in [-0.25, -0.2) is 19.9 Å². The monoisotopic (exact) mass is 346 g/mol. The summed E-state index contributed by atoms with van der Waals surface area (Å²) in [6.45, 7) is 0.278. The Morgan fingerprint density at radius 1 is 1.15 bits per heavy atom. The minimum absolute atomic E-state index is 0.188. The lowest BCUT2D eigenvalue weighted by molar-refractivity contribution is -0.520. The van der Waals surface area contributed by atoms with E-state index < -0.39 is 0 Å². The number of imidazole rings is 1. The summed E-state index contributed by atoms with van der Waals surface area (Å²) in [6.07, 6.45) is 9.76. The van der Waals surface area contributed by atoms with Crippen LogP contribution in [0.3, 0.4) is 0 Å². The van der Waals surface area contributed by atoms with Crippen molar-refractivity contribution in [2.75, 3.05) is 0 Å². The number of fused-ring (bicyclic) bond motifs is 1. The highest BCUT2D eigenvalue weighted by atomic mass is 16.1. The van der Waals surface area contributed by atoms with Crippen LogP contribution in [0.15, 0.2) is 67.4 Å². The average Bonchev–Trinajstić information content (AvgIpc) is 3.06. The van der Waals surface area contributed by atoms with Gasteiger partial charge >= 0.3 is 0 Å². The van der Waals surface area contributed by atoms with Crippen LogP contribution in [0.25, 0.3) is 5.52 Å². The Bertz CT molecular complexity index is 1030. The van der Waals surface area contributed by atoms with Crippen LogP contribution in [0, 0.1) is 0 Å². The van der Waals surface area contributed by atoms with Crippen molar-refractivity contribution < 1.29 is 14.2 Å². The molecule has 0 atom stereocenters. The van der Waals surface area contributed by atoms with Crippen LogP contribution >= 0.6 is 0 Å². The van der Waals surface area contributed by atoms with E-state index in [2.05, 4.69) is 25.3 Å². The number of hydrogen-bond donors (Lipinski definition) is 2. The van der Waals surface area contributed by atoms with Crippen LogP contribution in [0.2, 0.25) is 0 Å². The zero-order valence-corrected chi connectivity index (χ0v) is 14.0. The number of nitrogens with one attached hydrogen (secondary N) is 3. The number of amides is 1. The molecule has 0 spiro atoms. The van der Waals surface area contributed by atoms with Gasteiger partial charge in [-0.05, 0) is 24.3 Å². The molecule has 0 aliphatic heterocycles. The van der Waals surface area contributed by atoms with Gasteiger partial charge in [0.1, 0.15) is 5.82 Å². The maximum absolute atomic E-state index is 12.7. The molecule has 4 aromatic heterocycles. The van der Waals surface area contributed by atoms with Gasteiger partial charge in [-0.1, -0.05) is 6.07 Å². The number of carbonyl (C=O) groups excluding carboxylic acids is 1. The first-order chi connectivity index (χ1) is 12.8. The van der Waals surface area contributed by atoms with Gasteiger partial charge in [0, 0.05) is 24.0 Å². The number of H-pyrrole nitrogens is 2. The Balaban J connectivity index is 1.61. The number of nitrogens with zero attached hydrogens (tertiary/aromatic N) is 3. The largest absolute Gasteiger partial charge is 0.341 e. The number of aromatic nitrogens is 5. The van der Waals surface area contributed by atoms with Crippen molar-refractivity contribution in [2.45, 2.75) is 13.0 Å². The van der Waals surface area contributed by atoms with Crippen LogP contribution in [-0.2, 0) is 13.0 Å². The van der Waals surface area contributed by atoms with Crippen molar-refractivity contribution in [1.82, 2.24) is 20.3 Å². The number of rotatable bonds is 5. The highest BCUT2D eigenvalue weighted by molar-refractivity contribution is 5.97. The molecule has 4 rings (SSSR count). The quantitative estimate of drug-likeness (QED) is 0.526. The van der Waals surface area contributed by atoms with E-state index in [0.717, 1.165) is 16.9 Å². The van der Waals surface area contributed by atoms with E-state index in [9.17, 15) is 4.79 Å². The van der Waals surface area contributed by atoms with Crippen molar-refractivity contribution in [2.24, 2.45) is 0 Å². The van der Waals surface area contributed by atoms with Crippen LogP contribution in [0.4, 0.5) is 0 Å². The molecule has 7 nitrogen and oxygen atoms in total. The van der Waals surface area contributed by atoms with E-state index in [-0.39, 0.29) is 12.5 Å². The lowest BCUT2D eigenvalue weighted by Gasteiger charge is -2.00. The molecule has 0 radical (unpaired) electrons. The Hall–Kier alpha value is -3.61. The summed E-state index contributed by atoms with van der Waals surface area (Å²) in [5.41, 5.74) is 2.47. The van der Waals surface area contributed by atoms with Gasteiger partial charge in [-0.15, -0.1) is 0 Å². The van der Waals surface area contributed by atoms with Crippen molar-refractivity contribution in [3.8, 4) is 0 Å². The molecule has 0 saturated heterocycles. The lowest BCUT2D eigenvalue weighted by atomic mass is 10.2. The molecule has 0 aliphatic carbocycles. The SMILES string of the molecule is O=C(NCc1ncccn1)c1[nH]c(Cc2ccc[nH+]c2)[n+]2ccccc12. The van der Waals surface area contributed by atoms with Crippen molar-refractivity contribution in [1.29, 1.82) is 0 Å². The first-order valence-electron chi connectivity index (χ1n) is 8.31. The fraction of sp³-hybridized carbons (Fsp3) is 0.105. The summed E-state index contributed by atoms with van der Waals surface area (Å²) in [6, 6.07) is 11.5. The normalized spacial score (nSPS) is 10.8. The molecule has 26 heavy (non-hydrogen) atoms. The Kier molecular flexibility index (Phi) is 4.34. The van der Waals surface area contributed by atoms with Crippen LogP contribution in [0.1, 0.15) is 27.7 Å². The predicted octanol–water partition coefficient (Wildman–Crippen LogP) is 0.878. The maximum Gasteiger partial charge on any atom is 0.295 e. The Labute approximate surface area is 149 Å². The van der Waals surface area contributed by atoms with Crippen molar-refractivity contribution >= 4 is 11.4 Å². The minimum atomic E-state index is -0.188. The smallest absolute Gasteiger partial charge is 0.295 e. The highest BCUT2D eigenvalue weighted by Crippen LogP contribution is 2.10. The average molecular weight is 346 g/mol. The molecule has 0 fully saturated rings. The van der Waals surface area contributed by atoms with Crippen molar-refractivity contribution in [3.05, 3.63) is 90.3 Å². The summed E-state index contributed by atoms with van der Waals surface area (Å²) in [4.78, 5) is 27.3. The van der Waals surface area contributed by atoms with Gasteiger partial charge in [-0.2, -0.15) is 4.40 Å². The Morgan fingerprint density at radius 3 is 2.85 bits per heavy atom. The van der Waals surface area contributed by atoms with E-state index in [1.54, 1.807) is 18.5 Å². The molecular weight excluding hydrogens is 328 g/mol. The molecule has 4 heterocycles. The molecule has 128 valence electrons. The summed E-state index contributed by atoms with van der Waals surface area (Å²) in [5.74, 6) is 1.32. The predicted molar refractivity (Wildman–Crippen MR) is 93.0 cm³/mol. The second-order valence-corrected chi connectivity index (χ2v) is 5.84. The van der Waals surface area contributed by atoms with E-state index in [4.69, 9.17) is 0 Å². The molecule has 0 saturated carbocycles. The molecule has 0 aromatic carbocycles. The molecule has 0 unspecified atom stereocenters. The number of hydrogen-bond acceptors (Lipinski definition) is 3. The van der Waals surface area contributed by atoms with Gasteiger partial charge in [0.25, 0.3) is 11.7 Å². The zero-order valence-electron chi connectivity index (χ0n) is 14.0. The third-order valence-corrected chi connectivity index (χ3v) is 4.07. The fourth-order valence-corrected chi connectivity index (χ4v) is 2.86. The molecule has 3 N–H and O–H groups in total. The first-order valence-corrected chi connectivity index (χ1v) is 8.31. The van der Waals surface area contributed by atoms with Crippen LogP contribution in [0.5, 0.6) is 0 Å².